The Hall–Kier alpha value is -4.56. The molecule has 13 nitrogen and oxygen atoms in total. The number of carboxylic acid groups (broad SMARTS) is 1. The van der Waals surface area contributed by atoms with Gasteiger partial charge in [-0.1, -0.05) is 12.1 Å². The van der Waals surface area contributed by atoms with E-state index in [1.165, 1.54) is 36.4 Å². The number of amides is 1. The van der Waals surface area contributed by atoms with Crippen LogP contribution in [0.3, 0.4) is 0 Å². The van der Waals surface area contributed by atoms with E-state index in [0.717, 1.165) is 12.1 Å². The van der Waals surface area contributed by atoms with Gasteiger partial charge in [-0.2, -0.15) is 0 Å². The molecule has 0 radical (unpaired) electrons. The third-order valence-electron chi connectivity index (χ3n) is 6.55. The van der Waals surface area contributed by atoms with Crippen molar-refractivity contribution in [3.05, 3.63) is 70.6 Å². The minimum Gasteiger partial charge on any atom is -0.508 e. The number of hydrogen-bond acceptors (Lipinski definition) is 11. The van der Waals surface area contributed by atoms with Crippen molar-refractivity contribution in [2.45, 2.75) is 29.7 Å². The van der Waals surface area contributed by atoms with Gasteiger partial charge in [0.25, 0.3) is 5.91 Å². The summed E-state index contributed by atoms with van der Waals surface area (Å²) in [6, 6.07) is 9.00. The number of fused-ring (bicyclic) bond motifs is 3. The number of hydrogen-bond donors (Lipinski definition) is 6. The third-order valence-corrected chi connectivity index (χ3v) is 6.55. The lowest BCUT2D eigenvalue weighted by Crippen LogP contribution is -2.77. The Morgan fingerprint density at radius 1 is 1.05 bits per heavy atom. The van der Waals surface area contributed by atoms with Crippen LogP contribution in [0.5, 0.6) is 11.5 Å². The Bertz CT molecular complexity index is 1590. The molecule has 1 aromatic heterocycles. The number of aliphatic carboxylic acids is 1. The number of carbonyl (C=O) groups excluding carboxylic acids is 2. The van der Waals surface area contributed by atoms with E-state index < -0.39 is 58.5 Å². The second-order valence-electron chi connectivity index (χ2n) is 8.78. The number of aromatic hydroxyl groups is 1. The van der Waals surface area contributed by atoms with Crippen LogP contribution < -0.4 is 15.9 Å². The summed E-state index contributed by atoms with van der Waals surface area (Å²) in [5.41, 5.74) is -0.868. The fourth-order valence-corrected chi connectivity index (χ4v) is 4.53. The fourth-order valence-electron chi connectivity index (χ4n) is 4.53. The summed E-state index contributed by atoms with van der Waals surface area (Å²) < 4.78 is 16.4. The largest absolute Gasteiger partial charge is 0.508 e. The Morgan fingerprint density at radius 3 is 2.37 bits per heavy atom. The van der Waals surface area contributed by atoms with Crippen LogP contribution in [0.1, 0.15) is 10.6 Å². The predicted octanol–water partition coefficient (Wildman–Crippen LogP) is -0.585. The van der Waals surface area contributed by atoms with Gasteiger partial charge >= 0.3 is 5.97 Å². The van der Waals surface area contributed by atoms with Crippen LogP contribution in [-0.4, -0.2) is 72.9 Å². The molecule has 196 valence electrons. The van der Waals surface area contributed by atoms with Crippen LogP contribution in [0, 0.1) is 0 Å². The van der Waals surface area contributed by atoms with E-state index >= 15 is 0 Å². The molecule has 2 heterocycles. The first kappa shape index (κ1) is 25.1. The molecule has 1 amide bonds. The molecule has 5 atom stereocenters. The number of carbonyl (C=O) groups is 3. The monoisotopic (exact) mass is 525 g/mol. The lowest BCUT2D eigenvalue weighted by Gasteiger charge is -2.51. The van der Waals surface area contributed by atoms with Crippen molar-refractivity contribution in [2.24, 2.45) is 5.73 Å². The first-order chi connectivity index (χ1) is 17.9. The number of carboxylic acids is 1. The highest BCUT2D eigenvalue weighted by Crippen LogP contribution is 2.42. The van der Waals surface area contributed by atoms with Gasteiger partial charge in [-0.05, 0) is 42.0 Å². The zero-order chi connectivity index (χ0) is 27.6. The van der Waals surface area contributed by atoms with Gasteiger partial charge in [0, 0.05) is 6.07 Å². The second-order valence-corrected chi connectivity index (χ2v) is 8.78. The van der Waals surface area contributed by atoms with Crippen molar-refractivity contribution in [3.8, 4) is 22.6 Å². The number of ether oxygens (including phenoxy) is 2. The minimum absolute atomic E-state index is 0.0124. The average molecular weight is 525 g/mol. The molecule has 1 aliphatic heterocycles. The predicted molar refractivity (Wildman–Crippen MR) is 125 cm³/mol. The Labute approximate surface area is 211 Å². The molecule has 2 bridgehead atoms. The molecule has 7 N–H and O–H groups in total. The molecule has 1 saturated heterocycles. The van der Waals surface area contributed by atoms with E-state index in [2.05, 4.69) is 0 Å². The number of primary amides is 1. The molecule has 5 rings (SSSR count). The molecule has 1 fully saturated rings. The van der Waals surface area contributed by atoms with Crippen molar-refractivity contribution in [2.75, 3.05) is 0 Å². The summed E-state index contributed by atoms with van der Waals surface area (Å²) in [6.45, 7) is 0. The van der Waals surface area contributed by atoms with Gasteiger partial charge < -0.3 is 45.2 Å². The summed E-state index contributed by atoms with van der Waals surface area (Å²) in [5, 5.41) is 51.0. The minimum atomic E-state index is -2.96. The van der Waals surface area contributed by atoms with Crippen molar-refractivity contribution in [1.82, 2.24) is 0 Å². The highest BCUT2D eigenvalue weighted by Gasteiger charge is 2.69. The Kier molecular flexibility index (Phi) is 5.61. The van der Waals surface area contributed by atoms with Gasteiger partial charge in [0.1, 0.15) is 23.2 Å². The molecule has 0 unspecified atom stereocenters. The smallest absolute Gasteiger partial charge is 0.343 e. The number of benzene rings is 2. The number of ketones is 1. The first-order valence-electron chi connectivity index (χ1n) is 11.0. The van der Waals surface area contributed by atoms with Crippen LogP contribution in [0.25, 0.3) is 22.1 Å². The normalized spacial score (nSPS) is 28.3. The first-order valence-corrected chi connectivity index (χ1v) is 11.0. The maximum Gasteiger partial charge on any atom is 0.343 e. The summed E-state index contributed by atoms with van der Waals surface area (Å²) in [7, 11) is 0. The number of rotatable bonds is 5. The van der Waals surface area contributed by atoms with Crippen LogP contribution in [0.15, 0.2) is 63.8 Å². The van der Waals surface area contributed by atoms with Gasteiger partial charge in [0.2, 0.25) is 23.1 Å². The van der Waals surface area contributed by atoms with Crippen LogP contribution >= 0.6 is 0 Å². The van der Waals surface area contributed by atoms with Crippen molar-refractivity contribution >= 4 is 28.6 Å². The maximum absolute atomic E-state index is 13.2. The van der Waals surface area contributed by atoms with E-state index in [4.69, 9.17) is 19.6 Å². The molecule has 3 aromatic rings. The van der Waals surface area contributed by atoms with E-state index in [1.54, 1.807) is 0 Å². The molecule has 2 aliphatic rings. The SMILES string of the molecule is NC(=O)c1oc2cc(O[C@H]3O[C@@]4(C(=O)O)C=CC(=O)[C@](O)([C@H]3O)[C@@H]4O)ccc2c(=O)c1-c1ccc(O)cc1. The molecule has 1 aliphatic carbocycles. The summed E-state index contributed by atoms with van der Waals surface area (Å²) in [4.78, 5) is 49.6. The number of aliphatic hydroxyl groups excluding tert-OH is 2. The van der Waals surface area contributed by atoms with Crippen molar-refractivity contribution in [3.63, 3.8) is 0 Å². The zero-order valence-electron chi connectivity index (χ0n) is 19.1. The molecular formula is C25H19NO12. The van der Waals surface area contributed by atoms with Gasteiger partial charge in [-0.15, -0.1) is 0 Å². The van der Waals surface area contributed by atoms with Crippen molar-refractivity contribution in [1.29, 1.82) is 0 Å². The fraction of sp³-hybridized carbons (Fsp3) is 0.200. The zero-order valence-corrected chi connectivity index (χ0v) is 19.1. The lowest BCUT2D eigenvalue weighted by atomic mass is 9.70. The van der Waals surface area contributed by atoms with E-state index in [9.17, 15) is 44.7 Å². The highest BCUT2D eigenvalue weighted by atomic mass is 16.7. The second kappa shape index (κ2) is 8.49. The van der Waals surface area contributed by atoms with Gasteiger partial charge in [-0.25, -0.2) is 4.79 Å². The quantitative estimate of drug-likeness (QED) is 0.246. The van der Waals surface area contributed by atoms with Crippen LogP contribution in [-0.2, 0) is 14.3 Å². The number of aliphatic hydroxyl groups is 3. The Morgan fingerprint density at radius 2 is 1.74 bits per heavy atom. The number of nitrogens with two attached hydrogens (primary N) is 1. The summed E-state index contributed by atoms with van der Waals surface area (Å²) in [6.07, 6.45) is -5.15. The van der Waals surface area contributed by atoms with Crippen LogP contribution in [0.2, 0.25) is 0 Å². The molecule has 0 saturated carbocycles. The van der Waals surface area contributed by atoms with Crippen LogP contribution in [0.4, 0.5) is 0 Å². The maximum atomic E-state index is 13.2. The highest BCUT2D eigenvalue weighted by molar-refractivity contribution is 6.03. The Balaban J connectivity index is 1.57. The van der Waals surface area contributed by atoms with Gasteiger partial charge in [0.15, 0.2) is 17.5 Å². The summed E-state index contributed by atoms with van der Waals surface area (Å²) >= 11 is 0. The summed E-state index contributed by atoms with van der Waals surface area (Å²) in [5.74, 6) is -4.74. The van der Waals surface area contributed by atoms with E-state index in [-0.39, 0.29) is 33.6 Å². The molecule has 0 spiro atoms. The third kappa shape index (κ3) is 3.48. The lowest BCUT2D eigenvalue weighted by molar-refractivity contribution is -0.318. The van der Waals surface area contributed by atoms with Gasteiger partial charge in [-0.3, -0.25) is 14.4 Å². The standard InChI is InChI=1S/C25H19NO12/c26-20(31)18-16(10-1-3-11(27)4-2-10)17(29)13-6-5-12(9-14(13)37-18)36-21-19(30)25(35)15(28)7-8-24(38-21,22(25)32)23(33)34/h1-9,19,21-22,27,30,32,35H,(H2,26,31)(H,33,34)/t19-,21-,22+,24-,25-/m0/s1. The molecule has 2 aromatic carbocycles. The van der Waals surface area contributed by atoms with E-state index in [0.29, 0.717) is 6.08 Å². The molecular weight excluding hydrogens is 506 g/mol. The van der Waals surface area contributed by atoms with Gasteiger partial charge in [0.05, 0.1) is 10.9 Å². The molecule has 13 heteroatoms. The number of phenolic OH excluding ortho intramolecular Hbond substituents is 1. The average Bonchev–Trinajstić information content (AvgIpc) is 2.87. The van der Waals surface area contributed by atoms with E-state index in [1.807, 2.05) is 0 Å². The number of phenols is 1. The van der Waals surface area contributed by atoms with Crippen molar-refractivity contribution < 1.29 is 53.8 Å². The molecule has 38 heavy (non-hydrogen) atoms. The topological polar surface area (TPSA) is 227 Å².